The lowest BCUT2D eigenvalue weighted by molar-refractivity contribution is -0.890. The molecule has 0 saturated heterocycles. The summed E-state index contributed by atoms with van der Waals surface area (Å²) in [5, 5.41) is 0. The van der Waals surface area contributed by atoms with E-state index in [1.807, 2.05) is 0 Å². The molecule has 292 valence electrons. The van der Waals surface area contributed by atoms with Gasteiger partial charge in [-0.15, -0.1) is 0 Å². The second kappa shape index (κ2) is 42.6. The molecule has 0 aromatic carbocycles. The number of rotatable bonds is 36. The van der Waals surface area contributed by atoms with Crippen LogP contribution in [0.25, 0.3) is 0 Å². The van der Waals surface area contributed by atoms with Gasteiger partial charge in [0.05, 0.1) is 27.2 Å². The minimum atomic E-state index is 1.02. The molecule has 0 saturated carbocycles. The minimum Gasteiger partial charge on any atom is -0.328 e. The van der Waals surface area contributed by atoms with E-state index < -0.39 is 0 Å². The van der Waals surface area contributed by atoms with E-state index in [2.05, 4.69) is 75.3 Å². The predicted molar refractivity (Wildman–Crippen MR) is 231 cm³/mol. The van der Waals surface area contributed by atoms with Crippen LogP contribution in [0.15, 0.2) is 0 Å². The zero-order valence-electron chi connectivity index (χ0n) is 35.3. The highest BCUT2D eigenvalue weighted by molar-refractivity contribution is 5.26. The maximum atomic E-state index is 3.27. The van der Waals surface area contributed by atoms with Crippen molar-refractivity contribution in [3.05, 3.63) is 0 Å². The van der Waals surface area contributed by atoms with Gasteiger partial charge in [0, 0.05) is 25.7 Å². The summed E-state index contributed by atoms with van der Waals surface area (Å²) >= 11 is 0. The first kappa shape index (κ1) is 49.2. The van der Waals surface area contributed by atoms with Crippen LogP contribution in [-0.2, 0) is 0 Å². The van der Waals surface area contributed by atoms with Gasteiger partial charge < -0.3 is 4.48 Å². The standard InChI is InChI=1S/C50H88N/c1-5-7-9-11-13-15-17-19-21-23-25-27-29-31-33-35-37-39-41-43-45-47-49-51(3,4)50-48-46-44-42-40-38-36-34-32-30-28-26-24-22-20-18-16-14-12-10-8-6-2/h5-22,31-50H2,1-4H3/q+1. The highest BCUT2D eigenvalue weighted by Crippen LogP contribution is 2.14. The Labute approximate surface area is 323 Å². The first-order valence-corrected chi connectivity index (χ1v) is 22.9. The fraction of sp³-hybridized carbons (Fsp3) is 0.840. The van der Waals surface area contributed by atoms with Gasteiger partial charge in [-0.2, -0.15) is 0 Å². The number of quaternary nitrogens is 1. The van der Waals surface area contributed by atoms with Crippen LogP contribution in [0.2, 0.25) is 0 Å². The number of unbranched alkanes of at least 4 members (excludes halogenated alkanes) is 32. The van der Waals surface area contributed by atoms with E-state index in [9.17, 15) is 0 Å². The van der Waals surface area contributed by atoms with E-state index in [1.165, 1.54) is 223 Å². The molecule has 0 aliphatic heterocycles. The van der Waals surface area contributed by atoms with E-state index in [4.69, 9.17) is 0 Å². The van der Waals surface area contributed by atoms with Crippen molar-refractivity contribution >= 4 is 0 Å². The summed E-state index contributed by atoms with van der Waals surface area (Å²) in [6.45, 7) is 7.25. The highest BCUT2D eigenvalue weighted by atomic mass is 15.3. The Morgan fingerprint density at radius 3 is 0.686 bits per heavy atom. The van der Waals surface area contributed by atoms with Crippen LogP contribution in [0.4, 0.5) is 0 Å². The summed E-state index contributed by atoms with van der Waals surface area (Å²) < 4.78 is 1.20. The lowest BCUT2D eigenvalue weighted by atomic mass is 10.1. The molecule has 0 bridgehead atoms. The van der Waals surface area contributed by atoms with Gasteiger partial charge >= 0.3 is 0 Å². The predicted octanol–water partition coefficient (Wildman–Crippen LogP) is 15.2. The molecule has 0 aliphatic rings. The van der Waals surface area contributed by atoms with Gasteiger partial charge in [-0.05, 0) is 75.0 Å². The van der Waals surface area contributed by atoms with E-state index in [0.717, 1.165) is 25.7 Å². The maximum Gasteiger partial charge on any atom is 0.0782 e. The monoisotopic (exact) mass is 703 g/mol. The van der Waals surface area contributed by atoms with Gasteiger partial charge in [0.2, 0.25) is 0 Å². The zero-order valence-corrected chi connectivity index (χ0v) is 35.3. The molecule has 1 heteroatoms. The van der Waals surface area contributed by atoms with E-state index in [1.54, 1.807) is 0 Å². The summed E-state index contributed by atoms with van der Waals surface area (Å²) in [6.07, 6.45) is 47.9. The summed E-state index contributed by atoms with van der Waals surface area (Å²) in [4.78, 5) is 0. The molecule has 0 aromatic rings. The Kier molecular flexibility index (Phi) is 41.1. The highest BCUT2D eigenvalue weighted by Gasteiger charge is 2.13. The molecule has 0 spiro atoms. The average molecular weight is 703 g/mol. The maximum absolute atomic E-state index is 3.27. The molecule has 0 aliphatic carbocycles. The molecule has 0 N–H and O–H groups in total. The third-order valence-electron chi connectivity index (χ3n) is 10.4. The molecule has 0 unspecified atom stereocenters. The topological polar surface area (TPSA) is 0 Å². The molecule has 0 heterocycles. The van der Waals surface area contributed by atoms with Gasteiger partial charge in [0.25, 0.3) is 0 Å². The minimum absolute atomic E-state index is 1.02. The summed E-state index contributed by atoms with van der Waals surface area (Å²) in [5.74, 6) is 25.3. The molecule has 0 fully saturated rings. The Bertz CT molecular complexity index is 880. The molecule has 0 aromatic heterocycles. The van der Waals surface area contributed by atoms with Crippen molar-refractivity contribution in [3.63, 3.8) is 0 Å². The van der Waals surface area contributed by atoms with Crippen LogP contribution in [0.1, 0.15) is 245 Å². The third kappa shape index (κ3) is 44.3. The SMILES string of the molecule is CCCCCCCCCCC#CC#CCCCCCCCCCC[N+](C)(C)CCCCCCCCCCC#CC#CCCCCCCCCCC. The van der Waals surface area contributed by atoms with Gasteiger partial charge in [0.15, 0.2) is 0 Å². The number of nitrogens with zero attached hydrogens (tertiary/aromatic N) is 1. The fourth-order valence-corrected chi connectivity index (χ4v) is 6.86. The lowest BCUT2D eigenvalue weighted by Gasteiger charge is -2.30. The molecule has 51 heavy (non-hydrogen) atoms. The van der Waals surface area contributed by atoms with Crippen molar-refractivity contribution in [2.24, 2.45) is 0 Å². The van der Waals surface area contributed by atoms with Crippen LogP contribution in [-0.4, -0.2) is 31.7 Å². The smallest absolute Gasteiger partial charge is 0.0782 e. The molecular formula is C50H88N+. The van der Waals surface area contributed by atoms with Crippen LogP contribution in [0.3, 0.4) is 0 Å². The molecule has 0 radical (unpaired) electrons. The summed E-state index contributed by atoms with van der Waals surface area (Å²) in [5.41, 5.74) is 0. The third-order valence-corrected chi connectivity index (χ3v) is 10.4. The Balaban J connectivity index is 3.43. The van der Waals surface area contributed by atoms with Gasteiger partial charge in [0.1, 0.15) is 0 Å². The van der Waals surface area contributed by atoms with Crippen LogP contribution in [0, 0.1) is 47.4 Å². The van der Waals surface area contributed by atoms with Crippen LogP contribution >= 0.6 is 0 Å². The Hall–Kier alpha value is -1.80. The lowest BCUT2D eigenvalue weighted by Crippen LogP contribution is -2.41. The summed E-state index contributed by atoms with van der Waals surface area (Å²) in [7, 11) is 4.88. The quantitative estimate of drug-likeness (QED) is 0.0346. The molecule has 0 atom stereocenters. The zero-order chi connectivity index (χ0) is 37.0. The Morgan fingerprint density at radius 1 is 0.255 bits per heavy atom. The van der Waals surface area contributed by atoms with Crippen molar-refractivity contribution in [1.29, 1.82) is 0 Å². The molecule has 0 rings (SSSR count). The number of hydrogen-bond acceptors (Lipinski definition) is 0. The Morgan fingerprint density at radius 2 is 0.451 bits per heavy atom. The van der Waals surface area contributed by atoms with E-state index in [0.29, 0.717) is 0 Å². The number of hydrogen-bond donors (Lipinski definition) is 0. The normalized spacial score (nSPS) is 10.7. The van der Waals surface area contributed by atoms with Crippen molar-refractivity contribution in [3.8, 4) is 47.4 Å². The average Bonchev–Trinajstić information content (AvgIpc) is 3.12. The summed E-state index contributed by atoms with van der Waals surface area (Å²) in [6, 6.07) is 0. The van der Waals surface area contributed by atoms with Crippen molar-refractivity contribution in [2.75, 3.05) is 27.2 Å². The van der Waals surface area contributed by atoms with E-state index in [-0.39, 0.29) is 0 Å². The van der Waals surface area contributed by atoms with Crippen LogP contribution in [0.5, 0.6) is 0 Å². The van der Waals surface area contributed by atoms with Gasteiger partial charge in [-0.3, -0.25) is 0 Å². The van der Waals surface area contributed by atoms with Gasteiger partial charge in [-0.25, -0.2) is 0 Å². The van der Waals surface area contributed by atoms with Crippen molar-refractivity contribution in [1.82, 2.24) is 0 Å². The second-order valence-electron chi connectivity index (χ2n) is 16.2. The van der Waals surface area contributed by atoms with Crippen molar-refractivity contribution in [2.45, 2.75) is 245 Å². The fourth-order valence-electron chi connectivity index (χ4n) is 6.86. The van der Waals surface area contributed by atoms with Crippen LogP contribution < -0.4 is 0 Å². The molecular weight excluding hydrogens is 615 g/mol. The molecule has 1 nitrogen and oxygen atoms in total. The molecule has 0 amide bonds. The second-order valence-corrected chi connectivity index (χ2v) is 16.2. The van der Waals surface area contributed by atoms with Crippen molar-refractivity contribution < 1.29 is 4.48 Å². The van der Waals surface area contributed by atoms with Gasteiger partial charge in [-0.1, -0.05) is 192 Å². The largest absolute Gasteiger partial charge is 0.328 e. The van der Waals surface area contributed by atoms with E-state index >= 15 is 0 Å². The first-order chi connectivity index (χ1) is 25.1. The first-order valence-electron chi connectivity index (χ1n) is 22.9.